The number of ketones is 1. The number of aliphatic hydroxyl groups is 3. The molecule has 0 radical (unpaired) electrons. The number of carbonyl (C=O) groups is 2. The van der Waals surface area contributed by atoms with Crippen LogP contribution in [0.1, 0.15) is 121 Å². The summed E-state index contributed by atoms with van der Waals surface area (Å²) in [5.41, 5.74) is 11.2. The number of aliphatic hydroxyl groups excluding tert-OH is 2. The van der Waals surface area contributed by atoms with E-state index in [-0.39, 0.29) is 62.2 Å². The fraction of sp³-hybridized carbons (Fsp3) is 0.592. The Bertz CT molecular complexity index is 1870. The molecule has 0 aromatic heterocycles. The van der Waals surface area contributed by atoms with Crippen LogP contribution in [0.2, 0.25) is 0 Å². The summed E-state index contributed by atoms with van der Waals surface area (Å²) in [6.45, 7) is 11.8. The molecule has 3 aliphatic carbocycles. The van der Waals surface area contributed by atoms with Gasteiger partial charge in [-0.15, -0.1) is 0 Å². The summed E-state index contributed by atoms with van der Waals surface area (Å²) in [5, 5.41) is 41.8. The third-order valence-corrected chi connectivity index (χ3v) is 14.2. The van der Waals surface area contributed by atoms with Gasteiger partial charge in [-0.3, -0.25) is 9.59 Å². The lowest BCUT2D eigenvalue weighted by molar-refractivity contribution is -0.167. The number of allylic oxidation sites excluding steroid dienone is 5. The van der Waals surface area contributed by atoms with E-state index in [0.29, 0.717) is 56.4 Å². The summed E-state index contributed by atoms with van der Waals surface area (Å²) in [5.74, 6) is 6.30. The maximum Gasteiger partial charge on any atom is 0.225 e. The SMILES string of the molecule is C=C1/C=C/C=C(\[C@H]2CC[C@@]3([C@H](CCCO)/C(=C(\C)C(=O)Cc4cccc5c4CC(=O)N[C@@H]5N)CC[C@@]3(C)O)[C@@H]2O)COCC#CC/C(C)=C/C[C@@H]1NCC1CCCC1. The molecule has 0 bridgehead atoms. The lowest BCUT2D eigenvalue weighted by Gasteiger charge is -2.55. The molecule has 7 atom stereocenters. The molecule has 6 rings (SSSR count). The predicted molar refractivity (Wildman–Crippen MR) is 229 cm³/mol. The first-order valence-electron chi connectivity index (χ1n) is 21.7. The quantitative estimate of drug-likeness (QED) is 0.0907. The van der Waals surface area contributed by atoms with Crippen molar-refractivity contribution in [3.05, 3.63) is 93.6 Å². The Kier molecular flexibility index (Phi) is 14.9. The predicted octanol–water partition coefficient (Wildman–Crippen LogP) is 6.38. The number of nitrogens with one attached hydrogen (secondary N) is 2. The molecule has 1 amide bonds. The van der Waals surface area contributed by atoms with Crippen molar-refractivity contribution in [1.29, 1.82) is 0 Å². The van der Waals surface area contributed by atoms with Crippen LogP contribution in [-0.2, 0) is 27.2 Å². The molecule has 5 aliphatic rings. The number of Topliss-reactive ketones (excluding diaryl/α,β-unsaturated/α-hetero) is 1. The summed E-state index contributed by atoms with van der Waals surface area (Å²) in [4.78, 5) is 26.7. The zero-order chi connectivity index (χ0) is 41.5. The van der Waals surface area contributed by atoms with Crippen molar-refractivity contribution in [1.82, 2.24) is 10.6 Å². The Morgan fingerprint density at radius 1 is 1.17 bits per heavy atom. The van der Waals surface area contributed by atoms with Gasteiger partial charge in [-0.05, 0) is 130 Å². The molecule has 3 saturated carbocycles. The van der Waals surface area contributed by atoms with Crippen LogP contribution in [0.4, 0.5) is 0 Å². The number of ether oxygens (including phenoxy) is 1. The molecule has 1 aromatic carbocycles. The van der Waals surface area contributed by atoms with Crippen LogP contribution in [0.25, 0.3) is 0 Å². The third-order valence-electron chi connectivity index (χ3n) is 14.2. The average Bonchev–Trinajstić information content (AvgIpc) is 3.84. The first-order chi connectivity index (χ1) is 27.9. The maximum absolute atomic E-state index is 14.2. The fourth-order valence-corrected chi connectivity index (χ4v) is 10.8. The zero-order valence-corrected chi connectivity index (χ0v) is 35.1. The van der Waals surface area contributed by atoms with Crippen LogP contribution in [-0.4, -0.2) is 71.1 Å². The highest BCUT2D eigenvalue weighted by Crippen LogP contribution is 2.63. The van der Waals surface area contributed by atoms with Gasteiger partial charge >= 0.3 is 0 Å². The van der Waals surface area contributed by atoms with E-state index in [1.165, 1.54) is 31.3 Å². The van der Waals surface area contributed by atoms with E-state index in [1.54, 1.807) is 0 Å². The number of hydrogen-bond donors (Lipinski definition) is 6. The van der Waals surface area contributed by atoms with E-state index in [0.717, 1.165) is 46.4 Å². The number of nitrogens with two attached hydrogens (primary N) is 1. The Balaban J connectivity index is 1.29. The van der Waals surface area contributed by atoms with Gasteiger partial charge in [-0.1, -0.05) is 84.9 Å². The highest BCUT2D eigenvalue weighted by molar-refractivity contribution is 5.97. The first-order valence-corrected chi connectivity index (χ1v) is 21.7. The van der Waals surface area contributed by atoms with Crippen molar-refractivity contribution >= 4 is 11.7 Å². The highest BCUT2D eigenvalue weighted by atomic mass is 16.5. The normalized spacial score (nSPS) is 34.4. The van der Waals surface area contributed by atoms with Gasteiger partial charge in [0.2, 0.25) is 5.91 Å². The fourth-order valence-electron chi connectivity index (χ4n) is 10.8. The van der Waals surface area contributed by atoms with E-state index in [9.17, 15) is 24.9 Å². The smallest absolute Gasteiger partial charge is 0.225 e. The minimum atomic E-state index is -1.23. The number of fused-ring (bicyclic) bond motifs is 1. The third kappa shape index (κ3) is 9.70. The molecule has 7 N–H and O–H groups in total. The number of benzene rings is 1. The largest absolute Gasteiger partial charge is 0.396 e. The number of carbonyl (C=O) groups excluding carboxylic acids is 2. The lowest BCUT2D eigenvalue weighted by atomic mass is 9.52. The second-order valence-electron chi connectivity index (χ2n) is 17.9. The van der Waals surface area contributed by atoms with Crippen LogP contribution in [0, 0.1) is 35.0 Å². The minimum Gasteiger partial charge on any atom is -0.396 e. The van der Waals surface area contributed by atoms with E-state index in [4.69, 9.17) is 10.5 Å². The van der Waals surface area contributed by atoms with Gasteiger partial charge in [-0.2, -0.15) is 0 Å². The van der Waals surface area contributed by atoms with E-state index >= 15 is 0 Å². The molecule has 1 spiro atoms. The monoisotopic (exact) mass is 794 g/mol. The van der Waals surface area contributed by atoms with Gasteiger partial charge in [0.05, 0.1) is 24.7 Å². The molecule has 0 unspecified atom stereocenters. The highest BCUT2D eigenvalue weighted by Gasteiger charge is 2.64. The lowest BCUT2D eigenvalue weighted by Crippen LogP contribution is -2.59. The van der Waals surface area contributed by atoms with E-state index in [1.807, 2.05) is 38.1 Å². The number of hydrogen-bond acceptors (Lipinski definition) is 8. The van der Waals surface area contributed by atoms with Gasteiger partial charge in [-0.25, -0.2) is 0 Å². The molecule has 0 saturated heterocycles. The van der Waals surface area contributed by atoms with Crippen molar-refractivity contribution in [3.8, 4) is 11.8 Å². The maximum atomic E-state index is 14.2. The molecule has 2 heterocycles. The Labute approximate surface area is 346 Å². The Morgan fingerprint density at radius 3 is 2.74 bits per heavy atom. The van der Waals surface area contributed by atoms with Gasteiger partial charge in [0.15, 0.2) is 5.78 Å². The molecule has 3 fully saturated rings. The summed E-state index contributed by atoms with van der Waals surface area (Å²) >= 11 is 0. The van der Waals surface area contributed by atoms with Crippen LogP contribution in [0.5, 0.6) is 0 Å². The second kappa shape index (κ2) is 19.6. The second-order valence-corrected chi connectivity index (χ2v) is 17.9. The summed E-state index contributed by atoms with van der Waals surface area (Å²) in [7, 11) is 0. The van der Waals surface area contributed by atoms with E-state index < -0.39 is 23.3 Å². The molecular weight excluding hydrogens is 727 g/mol. The first kappa shape index (κ1) is 43.9. The van der Waals surface area contributed by atoms with Gasteiger partial charge < -0.3 is 36.4 Å². The minimum absolute atomic E-state index is 0.0345. The standard InChI is InChI=1S/C49H67N3O6/c1-32-12-7-8-27-58-31-37(17-9-13-33(2)43(21-20-32)51-30-35-14-5-6-15-35)39-23-25-49(46(39)56)42(19-11-26-53)38(22-24-48(49,4)57)34(3)44(54)28-36-16-10-18-40-41(36)29-45(55)52-47(40)50/h9-10,13,16-18,20,35,39,42-43,46-47,51,53,56-57H,2,5-6,11-12,14-15,19,21-31,50H2,1,3-4H3,(H,52,55)/b13-9+,32-20+,37-17-,38-34+/t39-,42-,43+,46-,47+,48-,49-/m1/s1. The Morgan fingerprint density at radius 2 is 1.97 bits per heavy atom. The average molecular weight is 794 g/mol. The topological polar surface area (TPSA) is 154 Å². The van der Waals surface area contributed by atoms with Crippen molar-refractivity contribution in [2.75, 3.05) is 26.4 Å². The molecule has 9 nitrogen and oxygen atoms in total. The van der Waals surface area contributed by atoms with Crippen molar-refractivity contribution in [3.63, 3.8) is 0 Å². The van der Waals surface area contributed by atoms with Crippen molar-refractivity contribution in [2.45, 2.75) is 135 Å². The molecule has 58 heavy (non-hydrogen) atoms. The molecule has 2 aliphatic heterocycles. The molecule has 314 valence electrons. The molecule has 9 heteroatoms. The Hall–Kier alpha value is -3.62. The van der Waals surface area contributed by atoms with Crippen LogP contribution < -0.4 is 16.4 Å². The van der Waals surface area contributed by atoms with Gasteiger partial charge in [0.25, 0.3) is 0 Å². The van der Waals surface area contributed by atoms with Crippen LogP contribution >= 0.6 is 0 Å². The summed E-state index contributed by atoms with van der Waals surface area (Å²) in [6.07, 6.45) is 16.9. The summed E-state index contributed by atoms with van der Waals surface area (Å²) in [6, 6.07) is 5.76. The van der Waals surface area contributed by atoms with Crippen LogP contribution in [0.15, 0.2) is 76.9 Å². The van der Waals surface area contributed by atoms with Crippen molar-refractivity contribution in [2.24, 2.45) is 28.9 Å². The summed E-state index contributed by atoms with van der Waals surface area (Å²) < 4.78 is 6.16. The number of amides is 1. The van der Waals surface area contributed by atoms with Crippen molar-refractivity contribution < 1.29 is 29.6 Å². The molecular formula is C49H67N3O6. The van der Waals surface area contributed by atoms with E-state index in [2.05, 4.69) is 54.2 Å². The van der Waals surface area contributed by atoms with Crippen LogP contribution in [0.3, 0.4) is 0 Å². The van der Waals surface area contributed by atoms with Gasteiger partial charge in [0, 0.05) is 36.8 Å². The number of rotatable bonds is 10. The zero-order valence-electron chi connectivity index (χ0n) is 35.1. The van der Waals surface area contributed by atoms with Gasteiger partial charge in [0.1, 0.15) is 12.8 Å². The molecule has 1 aromatic rings.